The molecule has 0 aliphatic heterocycles. The van der Waals surface area contributed by atoms with Gasteiger partial charge in [0.1, 0.15) is 12.4 Å². The normalized spacial score (nSPS) is 12.2. The molecule has 0 unspecified atom stereocenters. The molecular weight excluding hydrogens is 352 g/mol. The van der Waals surface area contributed by atoms with Gasteiger partial charge in [0.15, 0.2) is 0 Å². The summed E-state index contributed by atoms with van der Waals surface area (Å²) in [6, 6.07) is 4.05. The standard InChI is InChI=1S/C24H40O4/c1-8-9-10-13-27-14-15-28-21(25)12-11-18-16-19(23(2,3)4)22(26)20(17-18)24(5,6)7/h16-17,26H,8-15H2,1-7H3. The summed E-state index contributed by atoms with van der Waals surface area (Å²) < 4.78 is 10.7. The Kier molecular flexibility index (Phi) is 9.49. The first-order chi connectivity index (χ1) is 13.0. The lowest BCUT2D eigenvalue weighted by molar-refractivity contribution is -0.145. The SMILES string of the molecule is CCCCCOCCOC(=O)CCc1cc(C(C)(C)C)c(O)c(C(C)(C)C)c1. The minimum absolute atomic E-state index is 0.171. The molecule has 0 spiro atoms. The highest BCUT2D eigenvalue weighted by molar-refractivity contribution is 5.69. The Hall–Kier alpha value is -1.55. The number of aromatic hydroxyl groups is 1. The van der Waals surface area contributed by atoms with Gasteiger partial charge in [-0.1, -0.05) is 73.4 Å². The summed E-state index contributed by atoms with van der Waals surface area (Å²) in [5, 5.41) is 10.8. The monoisotopic (exact) mass is 392 g/mol. The molecule has 0 radical (unpaired) electrons. The van der Waals surface area contributed by atoms with E-state index in [0.717, 1.165) is 29.7 Å². The molecule has 0 heterocycles. The lowest BCUT2D eigenvalue weighted by Gasteiger charge is -2.28. The molecule has 0 aliphatic rings. The summed E-state index contributed by atoms with van der Waals surface area (Å²) in [5.41, 5.74) is 2.55. The first-order valence-electron chi connectivity index (χ1n) is 10.6. The summed E-state index contributed by atoms with van der Waals surface area (Å²) in [6.45, 7) is 16.2. The Morgan fingerprint density at radius 2 is 1.50 bits per heavy atom. The number of unbranched alkanes of at least 4 members (excludes halogenated alkanes) is 2. The summed E-state index contributed by atoms with van der Waals surface area (Å²) in [6.07, 6.45) is 4.32. The fraction of sp³-hybridized carbons (Fsp3) is 0.708. The number of aryl methyl sites for hydroxylation is 1. The molecule has 1 N–H and O–H groups in total. The third kappa shape index (κ3) is 8.22. The van der Waals surface area contributed by atoms with Gasteiger partial charge < -0.3 is 14.6 Å². The van der Waals surface area contributed by atoms with E-state index in [-0.39, 0.29) is 16.8 Å². The number of hydrogen-bond donors (Lipinski definition) is 1. The molecule has 0 fully saturated rings. The number of esters is 1. The molecule has 1 aromatic rings. The maximum Gasteiger partial charge on any atom is 0.306 e. The number of phenolic OH excluding ortho intramolecular Hbond substituents is 1. The van der Waals surface area contributed by atoms with Gasteiger partial charge in [-0.15, -0.1) is 0 Å². The van der Waals surface area contributed by atoms with Gasteiger partial charge in [0.2, 0.25) is 0 Å². The minimum atomic E-state index is -0.208. The van der Waals surface area contributed by atoms with Gasteiger partial charge in [-0.3, -0.25) is 4.79 Å². The Bertz CT molecular complexity index is 585. The summed E-state index contributed by atoms with van der Waals surface area (Å²) >= 11 is 0. The van der Waals surface area contributed by atoms with Crippen molar-refractivity contribution >= 4 is 5.97 Å². The third-order valence-electron chi connectivity index (χ3n) is 4.79. The van der Waals surface area contributed by atoms with Crippen molar-refractivity contribution in [3.63, 3.8) is 0 Å². The van der Waals surface area contributed by atoms with E-state index in [0.29, 0.717) is 31.8 Å². The van der Waals surface area contributed by atoms with Crippen LogP contribution in [0.25, 0.3) is 0 Å². The highest BCUT2D eigenvalue weighted by atomic mass is 16.6. The van der Waals surface area contributed by atoms with E-state index in [1.807, 2.05) is 12.1 Å². The van der Waals surface area contributed by atoms with Crippen molar-refractivity contribution in [1.82, 2.24) is 0 Å². The van der Waals surface area contributed by atoms with Gasteiger partial charge in [-0.05, 0) is 40.4 Å². The van der Waals surface area contributed by atoms with Crippen LogP contribution in [-0.2, 0) is 31.5 Å². The Labute approximate surface area is 171 Å². The highest BCUT2D eigenvalue weighted by Gasteiger charge is 2.26. The lowest BCUT2D eigenvalue weighted by Crippen LogP contribution is -2.18. The van der Waals surface area contributed by atoms with Crippen LogP contribution in [0, 0.1) is 0 Å². The van der Waals surface area contributed by atoms with Crippen LogP contribution in [0.4, 0.5) is 0 Å². The largest absolute Gasteiger partial charge is 0.507 e. The molecule has 28 heavy (non-hydrogen) atoms. The van der Waals surface area contributed by atoms with Crippen LogP contribution in [0.5, 0.6) is 5.75 Å². The molecular formula is C24H40O4. The van der Waals surface area contributed by atoms with Crippen LogP contribution >= 0.6 is 0 Å². The predicted molar refractivity (Wildman–Crippen MR) is 115 cm³/mol. The Morgan fingerprint density at radius 1 is 0.929 bits per heavy atom. The number of benzene rings is 1. The van der Waals surface area contributed by atoms with Gasteiger partial charge in [-0.2, -0.15) is 0 Å². The van der Waals surface area contributed by atoms with Gasteiger partial charge in [0.25, 0.3) is 0 Å². The number of carbonyl (C=O) groups excluding carboxylic acids is 1. The molecule has 4 heteroatoms. The summed E-state index contributed by atoms with van der Waals surface area (Å²) in [7, 11) is 0. The fourth-order valence-electron chi connectivity index (χ4n) is 3.07. The molecule has 0 atom stereocenters. The van der Waals surface area contributed by atoms with Crippen molar-refractivity contribution in [2.24, 2.45) is 0 Å². The number of ether oxygens (including phenoxy) is 2. The van der Waals surface area contributed by atoms with E-state index in [2.05, 4.69) is 48.5 Å². The van der Waals surface area contributed by atoms with Crippen molar-refractivity contribution in [2.75, 3.05) is 19.8 Å². The molecule has 0 aromatic heterocycles. The zero-order valence-corrected chi connectivity index (χ0v) is 19.0. The first kappa shape index (κ1) is 24.5. The third-order valence-corrected chi connectivity index (χ3v) is 4.79. The van der Waals surface area contributed by atoms with Gasteiger partial charge in [-0.25, -0.2) is 0 Å². The number of phenols is 1. The van der Waals surface area contributed by atoms with Crippen LogP contribution in [0.2, 0.25) is 0 Å². The molecule has 0 saturated carbocycles. The van der Waals surface area contributed by atoms with Crippen molar-refractivity contribution in [3.05, 3.63) is 28.8 Å². The van der Waals surface area contributed by atoms with Gasteiger partial charge in [0, 0.05) is 13.0 Å². The van der Waals surface area contributed by atoms with Crippen LogP contribution in [0.15, 0.2) is 12.1 Å². The van der Waals surface area contributed by atoms with Crippen molar-refractivity contribution in [2.45, 2.75) is 91.4 Å². The lowest BCUT2D eigenvalue weighted by atomic mass is 9.78. The maximum absolute atomic E-state index is 12.1. The van der Waals surface area contributed by atoms with Crippen LogP contribution in [0.3, 0.4) is 0 Å². The molecule has 160 valence electrons. The minimum Gasteiger partial charge on any atom is -0.507 e. The van der Waals surface area contributed by atoms with Crippen LogP contribution in [-0.4, -0.2) is 30.9 Å². The second-order valence-corrected chi connectivity index (χ2v) is 9.58. The maximum atomic E-state index is 12.1. The predicted octanol–water partition coefficient (Wildman–Crippen LogP) is 5.67. The number of hydrogen-bond acceptors (Lipinski definition) is 4. The molecule has 1 rings (SSSR count). The summed E-state index contributed by atoms with van der Waals surface area (Å²) in [5.74, 6) is 0.159. The van der Waals surface area contributed by atoms with Crippen LogP contribution in [0.1, 0.15) is 90.8 Å². The molecule has 0 amide bonds. The second-order valence-electron chi connectivity index (χ2n) is 9.58. The van der Waals surface area contributed by atoms with E-state index >= 15 is 0 Å². The Morgan fingerprint density at radius 3 is 2.00 bits per heavy atom. The molecule has 0 aliphatic carbocycles. The smallest absolute Gasteiger partial charge is 0.306 e. The zero-order chi connectivity index (χ0) is 21.4. The second kappa shape index (κ2) is 10.8. The summed E-state index contributed by atoms with van der Waals surface area (Å²) in [4.78, 5) is 12.1. The highest BCUT2D eigenvalue weighted by Crippen LogP contribution is 2.39. The quantitative estimate of drug-likeness (QED) is 0.412. The van der Waals surface area contributed by atoms with E-state index < -0.39 is 0 Å². The van der Waals surface area contributed by atoms with E-state index in [1.165, 1.54) is 12.8 Å². The molecule has 0 bridgehead atoms. The average molecular weight is 393 g/mol. The number of carbonyl (C=O) groups is 1. The van der Waals surface area contributed by atoms with Gasteiger partial charge >= 0.3 is 5.97 Å². The van der Waals surface area contributed by atoms with Gasteiger partial charge in [0.05, 0.1) is 6.61 Å². The first-order valence-corrected chi connectivity index (χ1v) is 10.6. The fourth-order valence-corrected chi connectivity index (χ4v) is 3.07. The van der Waals surface area contributed by atoms with E-state index in [4.69, 9.17) is 9.47 Å². The number of rotatable bonds is 10. The van der Waals surface area contributed by atoms with Crippen molar-refractivity contribution < 1.29 is 19.4 Å². The van der Waals surface area contributed by atoms with Crippen LogP contribution < -0.4 is 0 Å². The van der Waals surface area contributed by atoms with Crippen molar-refractivity contribution in [3.8, 4) is 5.75 Å². The Balaban J connectivity index is 2.65. The van der Waals surface area contributed by atoms with Crippen molar-refractivity contribution in [1.29, 1.82) is 0 Å². The molecule has 4 nitrogen and oxygen atoms in total. The molecule has 0 saturated heterocycles. The van der Waals surface area contributed by atoms with E-state index in [9.17, 15) is 9.90 Å². The topological polar surface area (TPSA) is 55.8 Å². The average Bonchev–Trinajstić information content (AvgIpc) is 2.58. The molecule has 1 aromatic carbocycles. The van der Waals surface area contributed by atoms with E-state index in [1.54, 1.807) is 0 Å². The zero-order valence-electron chi connectivity index (χ0n) is 19.0.